The number of carbonyl (C=O) groups excluding carboxylic acids is 1. The van der Waals surface area contributed by atoms with Crippen LogP contribution in [-0.4, -0.2) is 50.1 Å². The maximum absolute atomic E-state index is 12.2. The highest BCUT2D eigenvalue weighted by Crippen LogP contribution is 2.19. The number of carboxylic acid groups (broad SMARTS) is 1. The zero-order valence-corrected chi connectivity index (χ0v) is 15.7. The first-order valence-corrected chi connectivity index (χ1v) is 8.28. The number of nitrogens with one attached hydrogen (secondary N) is 1. The molecule has 1 atom stereocenters. The summed E-state index contributed by atoms with van der Waals surface area (Å²) in [4.78, 5) is 23.9. The van der Waals surface area contributed by atoms with Crippen LogP contribution in [0.4, 0.5) is 4.79 Å². The Labute approximate surface area is 156 Å². The van der Waals surface area contributed by atoms with Gasteiger partial charge >= 0.3 is 12.1 Å². The molecule has 2 N–H and O–H groups in total. The van der Waals surface area contributed by atoms with Crippen LogP contribution in [-0.2, 0) is 22.5 Å². The van der Waals surface area contributed by atoms with Crippen LogP contribution in [0.1, 0.15) is 38.2 Å². The number of methoxy groups -OCH3 is 1. The highest BCUT2D eigenvalue weighted by atomic mass is 16.6. The van der Waals surface area contributed by atoms with Gasteiger partial charge in [-0.1, -0.05) is 12.1 Å². The maximum atomic E-state index is 12.2. The van der Waals surface area contributed by atoms with Crippen molar-refractivity contribution in [2.75, 3.05) is 7.11 Å². The first-order chi connectivity index (χ1) is 12.7. The molecule has 0 saturated carbocycles. The third-order valence-corrected chi connectivity index (χ3v) is 3.35. The molecule has 1 heterocycles. The molecular weight excluding hydrogens is 354 g/mol. The molecule has 0 fully saturated rings. The van der Waals surface area contributed by atoms with Crippen molar-refractivity contribution < 1.29 is 24.2 Å². The van der Waals surface area contributed by atoms with Gasteiger partial charge in [0.05, 0.1) is 7.11 Å². The number of hydrogen-bond acceptors (Lipinski definition) is 7. The fraction of sp³-hybridized carbons (Fsp3) is 0.471. The number of carboxylic acids is 1. The lowest BCUT2D eigenvalue weighted by Crippen LogP contribution is -2.36. The summed E-state index contributed by atoms with van der Waals surface area (Å²) in [6, 6.07) is 6.66. The van der Waals surface area contributed by atoms with Crippen LogP contribution in [0.3, 0.4) is 0 Å². The van der Waals surface area contributed by atoms with Gasteiger partial charge in [-0.2, -0.15) is 4.80 Å². The topological polar surface area (TPSA) is 128 Å². The molecule has 2 rings (SSSR count). The van der Waals surface area contributed by atoms with Gasteiger partial charge in [-0.15, -0.1) is 10.2 Å². The summed E-state index contributed by atoms with van der Waals surface area (Å²) in [6.45, 7) is 4.85. The highest BCUT2D eigenvalue weighted by Gasteiger charge is 2.24. The molecule has 0 aliphatic rings. The van der Waals surface area contributed by atoms with E-state index in [0.29, 0.717) is 12.2 Å². The van der Waals surface area contributed by atoms with Crippen LogP contribution < -0.4 is 10.1 Å². The lowest BCUT2D eigenvalue weighted by molar-refractivity contribution is -0.138. The summed E-state index contributed by atoms with van der Waals surface area (Å²) < 4.78 is 10.4. The number of benzene rings is 1. The van der Waals surface area contributed by atoms with E-state index in [2.05, 4.69) is 20.7 Å². The number of nitrogens with zero attached hydrogens (tertiary/aromatic N) is 4. The molecule has 27 heavy (non-hydrogen) atoms. The molecule has 1 amide bonds. The minimum absolute atomic E-state index is 0.193. The van der Waals surface area contributed by atoms with E-state index in [1.807, 2.05) is 12.1 Å². The van der Waals surface area contributed by atoms with Gasteiger partial charge in [0.15, 0.2) is 12.4 Å². The van der Waals surface area contributed by atoms with Gasteiger partial charge in [-0.3, -0.25) is 4.79 Å². The molecule has 0 bridgehead atoms. The van der Waals surface area contributed by atoms with Crippen LogP contribution in [0.5, 0.6) is 5.75 Å². The lowest BCUT2D eigenvalue weighted by Gasteiger charge is -2.22. The van der Waals surface area contributed by atoms with Crippen molar-refractivity contribution in [3.63, 3.8) is 0 Å². The zero-order chi connectivity index (χ0) is 20.0. The second-order valence-corrected chi connectivity index (χ2v) is 6.82. The molecule has 10 heteroatoms. The number of hydrogen-bond donors (Lipinski definition) is 2. The van der Waals surface area contributed by atoms with Gasteiger partial charge < -0.3 is 19.9 Å². The Balaban J connectivity index is 2.20. The first-order valence-electron chi connectivity index (χ1n) is 8.28. The normalized spacial score (nSPS) is 12.3. The van der Waals surface area contributed by atoms with Crippen LogP contribution in [0.15, 0.2) is 24.3 Å². The SMILES string of the molecule is COc1ccc(CC(NC(=O)OC(C)(C)C)c2nnn(CC(=O)O)n2)cc1. The zero-order valence-electron chi connectivity index (χ0n) is 15.7. The minimum Gasteiger partial charge on any atom is -0.497 e. The molecule has 10 nitrogen and oxygen atoms in total. The van der Waals surface area contributed by atoms with E-state index in [1.165, 1.54) is 0 Å². The van der Waals surface area contributed by atoms with Crippen molar-refractivity contribution in [1.82, 2.24) is 25.5 Å². The summed E-state index contributed by atoms with van der Waals surface area (Å²) in [6.07, 6.45) is -0.266. The van der Waals surface area contributed by atoms with Crippen LogP contribution in [0.25, 0.3) is 0 Å². The molecule has 0 radical (unpaired) electrons. The van der Waals surface area contributed by atoms with E-state index < -0.39 is 30.3 Å². The number of ether oxygens (including phenoxy) is 2. The van der Waals surface area contributed by atoms with E-state index in [9.17, 15) is 9.59 Å². The van der Waals surface area contributed by atoms with Crippen molar-refractivity contribution in [3.05, 3.63) is 35.7 Å². The molecular formula is C17H23N5O5. The van der Waals surface area contributed by atoms with Crippen LogP contribution >= 0.6 is 0 Å². The predicted octanol–water partition coefficient (Wildman–Crippen LogP) is 1.57. The van der Waals surface area contributed by atoms with Gasteiger partial charge in [0.2, 0.25) is 0 Å². The molecule has 1 unspecified atom stereocenters. The number of alkyl carbamates (subject to hydrolysis) is 1. The standard InChI is InChI=1S/C17H23N5O5/c1-17(2,3)27-16(25)18-13(9-11-5-7-12(26-4)8-6-11)15-19-21-22(20-15)10-14(23)24/h5-8,13H,9-10H2,1-4H3,(H,18,25)(H,23,24). The van der Waals surface area contributed by atoms with Gasteiger partial charge in [-0.05, 0) is 43.7 Å². The number of aliphatic carboxylic acids is 1. The van der Waals surface area contributed by atoms with E-state index in [4.69, 9.17) is 14.6 Å². The molecule has 0 aliphatic carbocycles. The number of aromatic nitrogens is 4. The minimum atomic E-state index is -1.09. The Morgan fingerprint density at radius 2 is 1.93 bits per heavy atom. The Kier molecular flexibility index (Phi) is 6.32. The Hall–Kier alpha value is -3.17. The highest BCUT2D eigenvalue weighted by molar-refractivity contribution is 5.68. The monoisotopic (exact) mass is 377 g/mol. The Morgan fingerprint density at radius 3 is 2.48 bits per heavy atom. The number of carbonyl (C=O) groups is 2. The summed E-state index contributed by atoms with van der Waals surface area (Å²) >= 11 is 0. The Bertz CT molecular complexity index is 782. The number of rotatable bonds is 7. The fourth-order valence-electron chi connectivity index (χ4n) is 2.24. The second kappa shape index (κ2) is 8.47. The predicted molar refractivity (Wildman–Crippen MR) is 94.3 cm³/mol. The van der Waals surface area contributed by atoms with Crippen molar-refractivity contribution >= 4 is 12.1 Å². The lowest BCUT2D eigenvalue weighted by atomic mass is 10.1. The molecule has 1 aromatic heterocycles. The number of tetrazole rings is 1. The van der Waals surface area contributed by atoms with Gasteiger partial charge in [0, 0.05) is 6.42 Å². The molecule has 0 saturated heterocycles. The van der Waals surface area contributed by atoms with E-state index >= 15 is 0 Å². The van der Waals surface area contributed by atoms with E-state index in [0.717, 1.165) is 10.4 Å². The quantitative estimate of drug-likeness (QED) is 0.744. The summed E-state index contributed by atoms with van der Waals surface area (Å²) in [5.41, 5.74) is 0.231. The van der Waals surface area contributed by atoms with Crippen LogP contribution in [0.2, 0.25) is 0 Å². The van der Waals surface area contributed by atoms with Crippen molar-refractivity contribution in [2.45, 2.75) is 45.4 Å². The molecule has 1 aromatic carbocycles. The average molecular weight is 377 g/mol. The third kappa shape index (κ3) is 6.57. The summed E-state index contributed by atoms with van der Waals surface area (Å²) in [5.74, 6) is -0.190. The van der Waals surface area contributed by atoms with Crippen molar-refractivity contribution in [3.8, 4) is 5.75 Å². The molecule has 2 aromatic rings. The van der Waals surface area contributed by atoms with Gasteiger partial charge in [0.1, 0.15) is 17.4 Å². The number of amides is 1. The summed E-state index contributed by atoms with van der Waals surface area (Å²) in [5, 5.41) is 23.2. The van der Waals surface area contributed by atoms with Crippen molar-refractivity contribution in [2.24, 2.45) is 0 Å². The average Bonchev–Trinajstić information content (AvgIpc) is 3.01. The first kappa shape index (κ1) is 20.1. The smallest absolute Gasteiger partial charge is 0.408 e. The second-order valence-electron chi connectivity index (χ2n) is 6.82. The maximum Gasteiger partial charge on any atom is 0.408 e. The summed E-state index contributed by atoms with van der Waals surface area (Å²) in [7, 11) is 1.58. The Morgan fingerprint density at radius 1 is 1.26 bits per heavy atom. The molecule has 146 valence electrons. The van der Waals surface area contributed by atoms with E-state index in [-0.39, 0.29) is 5.82 Å². The fourth-order valence-corrected chi connectivity index (χ4v) is 2.24. The molecule has 0 aliphatic heterocycles. The largest absolute Gasteiger partial charge is 0.497 e. The molecule has 0 spiro atoms. The van der Waals surface area contributed by atoms with Crippen LogP contribution in [0, 0.1) is 0 Å². The van der Waals surface area contributed by atoms with Crippen molar-refractivity contribution in [1.29, 1.82) is 0 Å². The van der Waals surface area contributed by atoms with Gasteiger partial charge in [-0.25, -0.2) is 4.79 Å². The van der Waals surface area contributed by atoms with E-state index in [1.54, 1.807) is 40.0 Å². The van der Waals surface area contributed by atoms with Gasteiger partial charge in [0.25, 0.3) is 0 Å². The third-order valence-electron chi connectivity index (χ3n) is 3.35.